The molecule has 1 saturated carbocycles. The third-order valence-corrected chi connectivity index (χ3v) is 7.94. The van der Waals surface area contributed by atoms with Crippen LogP contribution in [0.5, 0.6) is 0 Å². The van der Waals surface area contributed by atoms with Crippen LogP contribution in [0, 0.1) is 12.3 Å². The highest BCUT2D eigenvalue weighted by atomic mass is 32.2. The second kappa shape index (κ2) is 5.66. The second-order valence-electron chi connectivity index (χ2n) is 7.46. The minimum absolute atomic E-state index is 0.0157. The maximum Gasteiger partial charge on any atom is 0.243 e. The zero-order valence-electron chi connectivity index (χ0n) is 14.4. The molecule has 5 heteroatoms. The molecule has 1 N–H and O–H groups in total. The Morgan fingerprint density at radius 1 is 1.08 bits per heavy atom. The molecule has 0 amide bonds. The number of nitrogens with zero attached hydrogens (tertiary/aromatic N) is 1. The number of piperidine rings is 1. The molecular weight excluding hydrogens is 334 g/mol. The molecule has 1 aliphatic heterocycles. The van der Waals surface area contributed by atoms with Crippen LogP contribution < -0.4 is 0 Å². The molecule has 0 aromatic heterocycles. The van der Waals surface area contributed by atoms with Gasteiger partial charge in [-0.05, 0) is 37.5 Å². The van der Waals surface area contributed by atoms with Gasteiger partial charge in [0.05, 0.1) is 11.5 Å². The molecular formula is C20H23NO3S. The Hall–Kier alpha value is -1.69. The number of aliphatic hydroxyl groups excluding tert-OH is 1. The summed E-state index contributed by atoms with van der Waals surface area (Å²) in [6, 6.07) is 17.2. The van der Waals surface area contributed by atoms with E-state index in [2.05, 4.69) is 12.1 Å². The maximum absolute atomic E-state index is 13.0. The first-order valence-corrected chi connectivity index (χ1v) is 10.1. The van der Waals surface area contributed by atoms with Crippen molar-refractivity contribution in [1.82, 2.24) is 4.31 Å². The lowest BCUT2D eigenvalue weighted by Gasteiger charge is -2.36. The molecule has 1 saturated heterocycles. The highest BCUT2D eigenvalue weighted by Crippen LogP contribution is 2.68. The van der Waals surface area contributed by atoms with E-state index in [9.17, 15) is 13.5 Å². The van der Waals surface area contributed by atoms with Gasteiger partial charge in [-0.25, -0.2) is 8.42 Å². The number of hydrogen-bond acceptors (Lipinski definition) is 3. The van der Waals surface area contributed by atoms with Crippen molar-refractivity contribution in [2.45, 2.75) is 30.1 Å². The normalized spacial score (nSPS) is 29.2. The van der Waals surface area contributed by atoms with E-state index < -0.39 is 10.0 Å². The molecule has 1 aliphatic carbocycles. The Bertz CT molecular complexity index is 879. The number of rotatable bonds is 4. The lowest BCUT2D eigenvalue weighted by molar-refractivity contribution is 0.136. The third kappa shape index (κ3) is 2.45. The summed E-state index contributed by atoms with van der Waals surface area (Å²) < 4.78 is 27.6. The van der Waals surface area contributed by atoms with Crippen LogP contribution in [-0.2, 0) is 15.4 Å². The highest BCUT2D eigenvalue weighted by molar-refractivity contribution is 7.89. The number of sulfonamides is 1. The summed E-state index contributed by atoms with van der Waals surface area (Å²) in [7, 11) is -3.52. The van der Waals surface area contributed by atoms with Gasteiger partial charge >= 0.3 is 0 Å². The zero-order valence-corrected chi connectivity index (χ0v) is 15.2. The Kier molecular flexibility index (Phi) is 3.79. The number of hydrogen-bond donors (Lipinski definition) is 1. The van der Waals surface area contributed by atoms with Gasteiger partial charge in [0.2, 0.25) is 10.0 Å². The molecule has 2 fully saturated rings. The number of fused-ring (bicyclic) bond motifs is 1. The van der Waals surface area contributed by atoms with Gasteiger partial charge < -0.3 is 5.11 Å². The van der Waals surface area contributed by atoms with Crippen LogP contribution in [0.4, 0.5) is 0 Å². The maximum atomic E-state index is 13.0. The van der Waals surface area contributed by atoms with Crippen LogP contribution in [-0.4, -0.2) is 37.5 Å². The van der Waals surface area contributed by atoms with E-state index in [1.54, 1.807) is 16.4 Å². The largest absolute Gasteiger partial charge is 0.396 e. The van der Waals surface area contributed by atoms with Crippen LogP contribution in [0.15, 0.2) is 59.5 Å². The summed E-state index contributed by atoms with van der Waals surface area (Å²) in [4.78, 5) is 0.332. The van der Waals surface area contributed by atoms with Gasteiger partial charge in [0.1, 0.15) is 0 Å². The molecule has 2 atom stereocenters. The van der Waals surface area contributed by atoms with Gasteiger partial charge in [-0.1, -0.05) is 48.0 Å². The summed E-state index contributed by atoms with van der Waals surface area (Å²) in [5, 5.41) is 10.1. The Morgan fingerprint density at radius 3 is 2.40 bits per heavy atom. The lowest BCUT2D eigenvalue weighted by atomic mass is 9.81. The van der Waals surface area contributed by atoms with Crippen molar-refractivity contribution in [1.29, 1.82) is 0 Å². The Balaban J connectivity index is 1.64. The predicted octanol–water partition coefficient (Wildman–Crippen LogP) is 2.71. The van der Waals surface area contributed by atoms with Gasteiger partial charge in [0.15, 0.2) is 0 Å². The van der Waals surface area contributed by atoms with E-state index in [0.717, 1.165) is 18.4 Å². The first kappa shape index (κ1) is 16.8. The fourth-order valence-electron chi connectivity index (χ4n) is 4.46. The second-order valence-corrected chi connectivity index (χ2v) is 9.40. The van der Waals surface area contributed by atoms with Crippen LogP contribution in [0.2, 0.25) is 0 Å². The predicted molar refractivity (Wildman–Crippen MR) is 96.8 cm³/mol. The molecule has 0 spiro atoms. The van der Waals surface area contributed by atoms with Crippen molar-refractivity contribution in [3.05, 3.63) is 65.7 Å². The first-order chi connectivity index (χ1) is 11.9. The molecule has 4 nitrogen and oxygen atoms in total. The van der Waals surface area contributed by atoms with Crippen molar-refractivity contribution in [3.8, 4) is 0 Å². The van der Waals surface area contributed by atoms with Gasteiger partial charge in [0.25, 0.3) is 0 Å². The van der Waals surface area contributed by atoms with E-state index in [4.69, 9.17) is 0 Å². The minimum Gasteiger partial charge on any atom is -0.396 e. The topological polar surface area (TPSA) is 57.6 Å². The van der Waals surface area contributed by atoms with Gasteiger partial charge in [-0.3, -0.25) is 0 Å². The fourth-order valence-corrected chi connectivity index (χ4v) is 5.98. The molecule has 25 heavy (non-hydrogen) atoms. The Labute approximate surface area is 149 Å². The van der Waals surface area contributed by atoms with Crippen LogP contribution >= 0.6 is 0 Å². The molecule has 2 aromatic carbocycles. The first-order valence-electron chi connectivity index (χ1n) is 8.67. The van der Waals surface area contributed by atoms with E-state index >= 15 is 0 Å². The molecule has 2 aromatic rings. The van der Waals surface area contributed by atoms with Crippen molar-refractivity contribution < 1.29 is 13.5 Å². The number of aryl methyl sites for hydroxylation is 1. The SMILES string of the molecule is Cc1ccc(S(=O)(=O)N2CC[C@]3(c4ccccc4)C[C@]3(CO)C2)cc1. The summed E-state index contributed by atoms with van der Waals surface area (Å²) in [5.41, 5.74) is 1.82. The van der Waals surface area contributed by atoms with Gasteiger partial charge in [-0.15, -0.1) is 0 Å². The summed E-state index contributed by atoms with van der Waals surface area (Å²) in [6.07, 6.45) is 1.60. The third-order valence-electron chi connectivity index (χ3n) is 6.09. The minimum atomic E-state index is -3.52. The van der Waals surface area contributed by atoms with E-state index in [1.807, 2.05) is 37.3 Å². The van der Waals surface area contributed by atoms with Crippen LogP contribution in [0.25, 0.3) is 0 Å². The molecule has 2 aliphatic rings. The lowest BCUT2D eigenvalue weighted by Crippen LogP contribution is -2.46. The molecule has 0 unspecified atom stereocenters. The molecule has 132 valence electrons. The van der Waals surface area contributed by atoms with Crippen LogP contribution in [0.3, 0.4) is 0 Å². The quantitative estimate of drug-likeness (QED) is 0.915. The molecule has 0 radical (unpaired) electrons. The average Bonchev–Trinajstić information content (AvgIpc) is 3.33. The standard InChI is InChI=1S/C20H23NO3S/c1-16-7-9-18(10-8-16)25(23,24)21-12-11-20(13-19(20,14-21)15-22)17-5-3-2-4-6-17/h2-10,22H,11-15H2,1H3/t19-,20-/m1/s1. The van der Waals surface area contributed by atoms with Crippen molar-refractivity contribution >= 4 is 10.0 Å². The molecule has 1 heterocycles. The smallest absolute Gasteiger partial charge is 0.243 e. The zero-order chi connectivity index (χ0) is 17.7. The summed E-state index contributed by atoms with van der Waals surface area (Å²) in [5.74, 6) is 0. The van der Waals surface area contributed by atoms with Crippen molar-refractivity contribution in [3.63, 3.8) is 0 Å². The highest BCUT2D eigenvalue weighted by Gasteiger charge is 2.70. The molecule has 4 rings (SSSR count). The van der Waals surface area contributed by atoms with Crippen molar-refractivity contribution in [2.24, 2.45) is 5.41 Å². The van der Waals surface area contributed by atoms with Crippen molar-refractivity contribution in [2.75, 3.05) is 19.7 Å². The number of aliphatic hydroxyl groups is 1. The summed E-state index contributed by atoms with van der Waals surface area (Å²) in [6.45, 7) is 2.83. The number of benzene rings is 2. The van der Waals surface area contributed by atoms with E-state index in [0.29, 0.717) is 18.0 Å². The summed E-state index contributed by atoms with van der Waals surface area (Å²) >= 11 is 0. The fraction of sp³-hybridized carbons (Fsp3) is 0.400. The Morgan fingerprint density at radius 2 is 1.76 bits per heavy atom. The molecule has 0 bridgehead atoms. The average molecular weight is 357 g/mol. The van der Waals surface area contributed by atoms with E-state index in [1.165, 1.54) is 5.56 Å². The van der Waals surface area contributed by atoms with E-state index in [-0.39, 0.29) is 17.4 Å². The van der Waals surface area contributed by atoms with Crippen LogP contribution in [0.1, 0.15) is 24.0 Å². The monoisotopic (exact) mass is 357 g/mol. The van der Waals surface area contributed by atoms with Gasteiger partial charge in [0, 0.05) is 23.9 Å². The van der Waals surface area contributed by atoms with Gasteiger partial charge in [-0.2, -0.15) is 4.31 Å².